The van der Waals surface area contributed by atoms with Crippen molar-refractivity contribution in [3.05, 3.63) is 36.2 Å². The molecule has 2 aromatic heterocycles. The topological polar surface area (TPSA) is 106 Å². The van der Waals surface area contributed by atoms with Crippen LogP contribution < -0.4 is 15.5 Å². The number of benzene rings is 1. The van der Waals surface area contributed by atoms with Crippen LogP contribution in [0.15, 0.2) is 30.3 Å². The van der Waals surface area contributed by atoms with E-state index >= 15 is 0 Å². The van der Waals surface area contributed by atoms with Crippen LogP contribution in [0.2, 0.25) is 0 Å². The zero-order valence-corrected chi connectivity index (χ0v) is 22.5. The van der Waals surface area contributed by atoms with Gasteiger partial charge in [-0.1, -0.05) is 12.1 Å². The Morgan fingerprint density at radius 2 is 1.69 bits per heavy atom. The Balaban J connectivity index is 1.38. The molecule has 1 saturated heterocycles. The first kappa shape index (κ1) is 27.0. The number of carbonyl (C=O) groups excluding carboxylic acids is 1. The summed E-state index contributed by atoms with van der Waals surface area (Å²) in [6, 6.07) is 8.88. The number of imidazole rings is 1. The average Bonchev–Trinajstić information content (AvgIpc) is 3.29. The van der Waals surface area contributed by atoms with E-state index in [0.717, 1.165) is 25.7 Å². The maximum atomic E-state index is 14.1. The molecule has 0 bridgehead atoms. The second-order valence-corrected chi connectivity index (χ2v) is 10.9. The summed E-state index contributed by atoms with van der Waals surface area (Å²) in [6.07, 6.45) is -0.0617. The number of fused-ring (bicyclic) bond motifs is 1. The predicted octanol–water partition coefficient (Wildman–Crippen LogP) is 4.84. The molecule has 2 aliphatic rings. The fraction of sp³-hybridized carbons (Fsp3) is 0.556. The molecular weight excluding hydrogens is 508 g/mol. The molecule has 5 rings (SSSR count). The first-order valence-corrected chi connectivity index (χ1v) is 13.4. The van der Waals surface area contributed by atoms with E-state index in [4.69, 9.17) is 14.5 Å². The molecule has 1 amide bonds. The summed E-state index contributed by atoms with van der Waals surface area (Å²) >= 11 is 0. The zero-order chi connectivity index (χ0) is 27.6. The molecule has 0 radical (unpaired) electrons. The van der Waals surface area contributed by atoms with Gasteiger partial charge in [-0.3, -0.25) is 4.57 Å². The molecule has 10 nitrogen and oxygen atoms in total. The van der Waals surface area contributed by atoms with E-state index in [0.29, 0.717) is 54.9 Å². The molecule has 3 aromatic rings. The van der Waals surface area contributed by atoms with Crippen molar-refractivity contribution >= 4 is 28.9 Å². The van der Waals surface area contributed by atoms with Gasteiger partial charge < -0.3 is 25.0 Å². The van der Waals surface area contributed by atoms with Gasteiger partial charge >= 0.3 is 6.09 Å². The quantitative estimate of drug-likeness (QED) is 0.455. The van der Waals surface area contributed by atoms with Gasteiger partial charge in [-0.05, 0) is 58.6 Å². The number of nitrogens with zero attached hydrogens (tertiary/aromatic N) is 5. The highest BCUT2D eigenvalue weighted by atomic mass is 19.3. The second-order valence-electron chi connectivity index (χ2n) is 10.9. The average molecular weight is 544 g/mol. The van der Waals surface area contributed by atoms with Crippen molar-refractivity contribution < 1.29 is 23.0 Å². The number of amides is 1. The lowest BCUT2D eigenvalue weighted by Gasteiger charge is -2.31. The largest absolute Gasteiger partial charge is 0.444 e. The number of morpholine rings is 1. The highest BCUT2D eigenvalue weighted by molar-refractivity contribution is 5.78. The van der Waals surface area contributed by atoms with Gasteiger partial charge in [-0.25, -0.2) is 18.6 Å². The van der Waals surface area contributed by atoms with Crippen molar-refractivity contribution in [3.63, 3.8) is 0 Å². The highest BCUT2D eigenvalue weighted by Gasteiger charge is 2.27. The zero-order valence-electron chi connectivity index (χ0n) is 22.5. The minimum absolute atomic E-state index is 0.0278. The number of alkyl halides is 2. The number of halogens is 2. The van der Waals surface area contributed by atoms with Crippen LogP contribution in [0.25, 0.3) is 16.9 Å². The molecule has 3 heterocycles. The monoisotopic (exact) mass is 543 g/mol. The standard InChI is InChI=1S/C27H35F2N7O3/c1-27(2,3)39-26(37)31-18-10-8-17(9-11-18)30-25-33-21(35-12-14-38-15-13-35)16-22(34-25)36-20-7-5-4-6-19(20)32-24(36)23(28)29/h4-7,16-18,23H,8-15H2,1-3H3,(H,31,37)(H,30,33,34)/t17-,18-. The van der Waals surface area contributed by atoms with Gasteiger partial charge in [-0.15, -0.1) is 0 Å². The molecule has 2 fully saturated rings. The summed E-state index contributed by atoms with van der Waals surface area (Å²) in [5, 5.41) is 6.38. The Morgan fingerprint density at radius 1 is 1.03 bits per heavy atom. The Hall–Kier alpha value is -3.54. The van der Waals surface area contributed by atoms with Gasteiger partial charge in [0.1, 0.15) is 17.2 Å². The lowest BCUT2D eigenvalue weighted by atomic mass is 9.91. The van der Waals surface area contributed by atoms with Crippen molar-refractivity contribution in [1.29, 1.82) is 0 Å². The Labute approximate surface area is 226 Å². The lowest BCUT2D eigenvalue weighted by Crippen LogP contribution is -2.42. The molecule has 0 spiro atoms. The number of ether oxygens (including phenoxy) is 2. The molecular formula is C27H35F2N7O3. The first-order chi connectivity index (χ1) is 18.7. The summed E-state index contributed by atoms with van der Waals surface area (Å²) in [7, 11) is 0. The van der Waals surface area contributed by atoms with Gasteiger partial charge in [0.15, 0.2) is 5.82 Å². The number of para-hydroxylation sites is 2. The molecule has 1 saturated carbocycles. The van der Waals surface area contributed by atoms with Crippen molar-refractivity contribution in [3.8, 4) is 5.82 Å². The van der Waals surface area contributed by atoms with Gasteiger partial charge in [0, 0.05) is 31.2 Å². The van der Waals surface area contributed by atoms with E-state index in [1.54, 1.807) is 30.3 Å². The summed E-state index contributed by atoms with van der Waals surface area (Å²) < 4.78 is 40.5. The molecule has 1 aliphatic heterocycles. The van der Waals surface area contributed by atoms with Crippen LogP contribution >= 0.6 is 0 Å². The van der Waals surface area contributed by atoms with E-state index in [1.165, 1.54) is 4.57 Å². The maximum Gasteiger partial charge on any atom is 0.407 e. The van der Waals surface area contributed by atoms with E-state index < -0.39 is 18.1 Å². The van der Waals surface area contributed by atoms with E-state index in [-0.39, 0.29) is 17.9 Å². The molecule has 0 atom stereocenters. The normalized spacial score (nSPS) is 20.3. The van der Waals surface area contributed by atoms with Gasteiger partial charge in [0.2, 0.25) is 5.95 Å². The summed E-state index contributed by atoms with van der Waals surface area (Å²) in [4.78, 5) is 27.9. The SMILES string of the molecule is CC(C)(C)OC(=O)N[C@H]1CC[C@H](Nc2nc(N3CCOCC3)cc(-n3c(C(F)F)nc4ccccc43)n2)CC1. The highest BCUT2D eigenvalue weighted by Crippen LogP contribution is 2.30. The van der Waals surface area contributed by atoms with E-state index in [1.807, 2.05) is 20.8 Å². The number of rotatable bonds is 6. The second kappa shape index (κ2) is 11.3. The third-order valence-corrected chi connectivity index (χ3v) is 6.83. The van der Waals surface area contributed by atoms with E-state index in [9.17, 15) is 13.6 Å². The number of aromatic nitrogens is 4. The van der Waals surface area contributed by atoms with Crippen molar-refractivity contribution in [2.45, 2.75) is 70.6 Å². The fourth-order valence-corrected chi connectivity index (χ4v) is 5.03. The fourth-order valence-electron chi connectivity index (χ4n) is 5.03. The maximum absolute atomic E-state index is 14.1. The molecule has 1 aromatic carbocycles. The Kier molecular flexibility index (Phi) is 7.83. The third-order valence-electron chi connectivity index (χ3n) is 6.83. The van der Waals surface area contributed by atoms with Gasteiger partial charge in [0.25, 0.3) is 6.43 Å². The number of hydrogen-bond acceptors (Lipinski definition) is 8. The molecule has 2 N–H and O–H groups in total. The van der Waals surface area contributed by atoms with Crippen molar-refractivity contribution in [1.82, 2.24) is 24.8 Å². The molecule has 1 aliphatic carbocycles. The molecule has 12 heteroatoms. The predicted molar refractivity (Wildman–Crippen MR) is 144 cm³/mol. The van der Waals surface area contributed by atoms with Crippen LogP contribution in [0.3, 0.4) is 0 Å². The van der Waals surface area contributed by atoms with Gasteiger partial charge in [0.05, 0.1) is 24.2 Å². The smallest absolute Gasteiger partial charge is 0.407 e. The van der Waals surface area contributed by atoms with Crippen LogP contribution in [0.4, 0.5) is 25.3 Å². The number of alkyl carbamates (subject to hydrolysis) is 1. The third kappa shape index (κ3) is 6.55. The number of anilines is 2. The van der Waals surface area contributed by atoms with Crippen LogP contribution in [0.5, 0.6) is 0 Å². The number of carbonyl (C=O) groups is 1. The van der Waals surface area contributed by atoms with Crippen LogP contribution in [0.1, 0.15) is 58.7 Å². The number of hydrogen-bond donors (Lipinski definition) is 2. The summed E-state index contributed by atoms with van der Waals surface area (Å²) in [5.74, 6) is 0.986. The number of nitrogens with one attached hydrogen (secondary N) is 2. The van der Waals surface area contributed by atoms with Gasteiger partial charge in [-0.2, -0.15) is 9.97 Å². The van der Waals surface area contributed by atoms with Crippen LogP contribution in [0, 0.1) is 0 Å². The minimum Gasteiger partial charge on any atom is -0.444 e. The van der Waals surface area contributed by atoms with E-state index in [2.05, 4.69) is 25.5 Å². The summed E-state index contributed by atoms with van der Waals surface area (Å²) in [5.41, 5.74) is 0.484. The lowest BCUT2D eigenvalue weighted by molar-refractivity contribution is 0.0492. The minimum atomic E-state index is -2.77. The Morgan fingerprint density at radius 3 is 2.38 bits per heavy atom. The van der Waals surface area contributed by atoms with Crippen LogP contribution in [-0.2, 0) is 9.47 Å². The Bertz CT molecular complexity index is 1300. The van der Waals surface area contributed by atoms with Crippen molar-refractivity contribution in [2.75, 3.05) is 36.5 Å². The summed E-state index contributed by atoms with van der Waals surface area (Å²) in [6.45, 7) is 7.92. The molecule has 210 valence electrons. The van der Waals surface area contributed by atoms with Crippen molar-refractivity contribution in [2.24, 2.45) is 0 Å². The first-order valence-electron chi connectivity index (χ1n) is 13.4. The van der Waals surface area contributed by atoms with Crippen LogP contribution in [-0.4, -0.2) is 69.6 Å². The molecule has 39 heavy (non-hydrogen) atoms. The molecule has 0 unspecified atom stereocenters.